The van der Waals surface area contributed by atoms with Crippen LogP contribution in [0.5, 0.6) is 0 Å². The Morgan fingerprint density at radius 3 is 2.75 bits per heavy atom. The van der Waals surface area contributed by atoms with E-state index in [-0.39, 0.29) is 5.02 Å². The summed E-state index contributed by atoms with van der Waals surface area (Å²) in [6, 6.07) is 2.85. The van der Waals surface area contributed by atoms with E-state index in [9.17, 15) is 4.39 Å². The zero-order valence-electron chi connectivity index (χ0n) is 6.70. The third-order valence-corrected chi connectivity index (χ3v) is 2.01. The number of hydrogen-bond acceptors (Lipinski definition) is 1. The van der Waals surface area contributed by atoms with Crippen LogP contribution in [0.2, 0.25) is 5.02 Å². The van der Waals surface area contributed by atoms with Crippen LogP contribution in [0.25, 0.3) is 0 Å². The molecule has 0 heterocycles. The predicted octanol–water partition coefficient (Wildman–Crippen LogP) is 3.04. The van der Waals surface area contributed by atoms with Gasteiger partial charge in [-0.15, -0.1) is 0 Å². The number of hydrogen-bond donors (Lipinski definition) is 1. The summed E-state index contributed by atoms with van der Waals surface area (Å²) >= 11 is 5.57. The highest BCUT2D eigenvalue weighted by Crippen LogP contribution is 2.19. The Morgan fingerprint density at radius 2 is 2.25 bits per heavy atom. The molecular weight excluding hydrogens is 177 g/mol. The van der Waals surface area contributed by atoms with E-state index in [4.69, 9.17) is 17.0 Å². The van der Waals surface area contributed by atoms with Crippen LogP contribution in [0.3, 0.4) is 0 Å². The molecule has 0 aliphatic carbocycles. The molecule has 1 rings (SSSR count). The molecule has 0 fully saturated rings. The summed E-state index contributed by atoms with van der Waals surface area (Å²) in [5.41, 5.74) is 1.50. The van der Waals surface area contributed by atoms with Gasteiger partial charge in [0.1, 0.15) is 5.82 Å². The molecule has 3 heteroatoms. The van der Waals surface area contributed by atoms with Crippen molar-refractivity contribution in [2.75, 3.05) is 0 Å². The topological polar surface area (TPSA) is 23.9 Å². The van der Waals surface area contributed by atoms with E-state index in [2.05, 4.69) is 0 Å². The van der Waals surface area contributed by atoms with Crippen LogP contribution in [0.1, 0.15) is 18.1 Å². The van der Waals surface area contributed by atoms with Gasteiger partial charge >= 0.3 is 0 Å². The van der Waals surface area contributed by atoms with Gasteiger partial charge in [-0.05, 0) is 29.7 Å². The molecule has 0 aliphatic heterocycles. The zero-order chi connectivity index (χ0) is 9.14. The van der Waals surface area contributed by atoms with Gasteiger partial charge < -0.3 is 5.41 Å². The predicted molar refractivity (Wildman–Crippen MR) is 48.7 cm³/mol. The highest BCUT2D eigenvalue weighted by molar-refractivity contribution is 6.30. The van der Waals surface area contributed by atoms with Crippen LogP contribution in [0, 0.1) is 11.2 Å². The van der Waals surface area contributed by atoms with E-state index >= 15 is 0 Å². The molecule has 0 saturated carbocycles. The van der Waals surface area contributed by atoms with Gasteiger partial charge in [-0.2, -0.15) is 0 Å². The molecule has 0 spiro atoms. The van der Waals surface area contributed by atoms with Crippen molar-refractivity contribution in [1.29, 1.82) is 5.41 Å². The van der Waals surface area contributed by atoms with Crippen LogP contribution < -0.4 is 0 Å². The highest BCUT2D eigenvalue weighted by atomic mass is 35.5. The first-order valence-corrected chi connectivity index (χ1v) is 4.05. The van der Waals surface area contributed by atoms with Gasteiger partial charge in [-0.3, -0.25) is 0 Å². The average Bonchev–Trinajstić information content (AvgIpc) is 2.09. The number of nitrogens with one attached hydrogen (secondary N) is 1. The van der Waals surface area contributed by atoms with Crippen LogP contribution in [0.4, 0.5) is 4.39 Å². The molecule has 64 valence electrons. The molecule has 0 aliphatic rings. The van der Waals surface area contributed by atoms with Crippen molar-refractivity contribution >= 4 is 17.8 Å². The molecule has 0 bridgehead atoms. The first-order chi connectivity index (χ1) is 5.69. The Hall–Kier alpha value is -0.890. The number of aryl methyl sites for hydroxylation is 1. The lowest BCUT2D eigenvalue weighted by atomic mass is 10.1. The van der Waals surface area contributed by atoms with Crippen LogP contribution in [-0.2, 0) is 6.42 Å². The first kappa shape index (κ1) is 9.20. The summed E-state index contributed by atoms with van der Waals surface area (Å²) in [5, 5.41) is 7.14. The van der Waals surface area contributed by atoms with E-state index in [0.29, 0.717) is 5.56 Å². The van der Waals surface area contributed by atoms with Gasteiger partial charge in [0.2, 0.25) is 0 Å². The lowest BCUT2D eigenvalue weighted by molar-refractivity contribution is 0.627. The molecule has 1 N–H and O–H groups in total. The second-order valence-corrected chi connectivity index (χ2v) is 2.87. The van der Waals surface area contributed by atoms with Crippen LogP contribution in [0.15, 0.2) is 12.1 Å². The van der Waals surface area contributed by atoms with Gasteiger partial charge in [0.05, 0.1) is 5.02 Å². The van der Waals surface area contributed by atoms with Gasteiger partial charge in [0.15, 0.2) is 0 Å². The number of benzene rings is 1. The molecule has 12 heavy (non-hydrogen) atoms. The second-order valence-electron chi connectivity index (χ2n) is 2.46. The number of halogens is 2. The zero-order valence-corrected chi connectivity index (χ0v) is 7.45. The van der Waals surface area contributed by atoms with Crippen molar-refractivity contribution in [3.8, 4) is 0 Å². The standard InChI is InChI=1S/C9H9ClFN/c1-2-6-3-8(10)9(11)4-7(6)5-12/h3-5,12H,2H2,1H3. The molecule has 0 amide bonds. The Balaban J connectivity index is 3.28. The van der Waals surface area contributed by atoms with E-state index < -0.39 is 5.82 Å². The fourth-order valence-corrected chi connectivity index (χ4v) is 1.23. The van der Waals surface area contributed by atoms with Crippen molar-refractivity contribution in [2.24, 2.45) is 0 Å². The summed E-state index contributed by atoms with van der Waals surface area (Å²) in [7, 11) is 0. The molecule has 0 atom stereocenters. The molecule has 0 radical (unpaired) electrons. The van der Waals surface area contributed by atoms with Crippen molar-refractivity contribution in [1.82, 2.24) is 0 Å². The first-order valence-electron chi connectivity index (χ1n) is 3.67. The minimum absolute atomic E-state index is 0.123. The SMILES string of the molecule is CCc1cc(Cl)c(F)cc1C=N. The largest absolute Gasteiger partial charge is 0.308 e. The minimum Gasteiger partial charge on any atom is -0.308 e. The van der Waals surface area contributed by atoms with E-state index in [1.54, 1.807) is 6.07 Å². The lowest BCUT2D eigenvalue weighted by Gasteiger charge is -2.03. The average molecular weight is 186 g/mol. The van der Waals surface area contributed by atoms with Gasteiger partial charge in [0, 0.05) is 6.21 Å². The molecule has 1 aromatic rings. The Labute approximate surface area is 75.7 Å². The Bertz CT molecular complexity index is 310. The van der Waals surface area contributed by atoms with Gasteiger partial charge in [-0.1, -0.05) is 18.5 Å². The van der Waals surface area contributed by atoms with Crippen LogP contribution in [-0.4, -0.2) is 6.21 Å². The summed E-state index contributed by atoms with van der Waals surface area (Å²) in [4.78, 5) is 0. The van der Waals surface area contributed by atoms with Crippen molar-refractivity contribution in [3.05, 3.63) is 34.1 Å². The van der Waals surface area contributed by atoms with Crippen molar-refractivity contribution in [3.63, 3.8) is 0 Å². The minimum atomic E-state index is -0.465. The van der Waals surface area contributed by atoms with E-state index in [1.807, 2.05) is 6.92 Å². The molecule has 0 saturated heterocycles. The smallest absolute Gasteiger partial charge is 0.142 e. The van der Waals surface area contributed by atoms with Crippen molar-refractivity contribution < 1.29 is 4.39 Å². The molecule has 0 aromatic heterocycles. The normalized spacial score (nSPS) is 9.92. The molecule has 1 aromatic carbocycles. The third-order valence-electron chi connectivity index (χ3n) is 1.72. The third kappa shape index (κ3) is 1.64. The summed E-state index contributed by atoms with van der Waals surface area (Å²) in [6.07, 6.45) is 1.89. The van der Waals surface area contributed by atoms with Gasteiger partial charge in [-0.25, -0.2) is 4.39 Å². The summed E-state index contributed by atoms with van der Waals surface area (Å²) in [6.45, 7) is 1.94. The van der Waals surface area contributed by atoms with Crippen molar-refractivity contribution in [2.45, 2.75) is 13.3 Å². The maximum atomic E-state index is 12.8. The molecule has 0 unspecified atom stereocenters. The quantitative estimate of drug-likeness (QED) is 0.685. The Kier molecular flexibility index (Phi) is 2.82. The fourth-order valence-electron chi connectivity index (χ4n) is 1.04. The number of rotatable bonds is 2. The lowest BCUT2D eigenvalue weighted by Crippen LogP contribution is -1.92. The monoisotopic (exact) mass is 185 g/mol. The van der Waals surface area contributed by atoms with E-state index in [1.165, 1.54) is 6.07 Å². The van der Waals surface area contributed by atoms with Crippen LogP contribution >= 0.6 is 11.6 Å². The molecular formula is C9H9ClFN. The summed E-state index contributed by atoms with van der Waals surface area (Å²) in [5.74, 6) is -0.465. The second kappa shape index (κ2) is 3.68. The molecule has 1 nitrogen and oxygen atoms in total. The fraction of sp³-hybridized carbons (Fsp3) is 0.222. The highest BCUT2D eigenvalue weighted by Gasteiger charge is 2.04. The summed E-state index contributed by atoms with van der Waals surface area (Å²) < 4.78 is 12.8. The van der Waals surface area contributed by atoms with E-state index in [0.717, 1.165) is 18.2 Å². The maximum absolute atomic E-state index is 12.8. The van der Waals surface area contributed by atoms with Gasteiger partial charge in [0.25, 0.3) is 0 Å². The Morgan fingerprint density at radius 1 is 1.58 bits per heavy atom. The maximum Gasteiger partial charge on any atom is 0.142 e.